The first-order valence-corrected chi connectivity index (χ1v) is 9.54. The summed E-state index contributed by atoms with van der Waals surface area (Å²) in [6.07, 6.45) is 0. The van der Waals surface area contributed by atoms with Crippen molar-refractivity contribution in [1.29, 1.82) is 5.26 Å². The zero-order chi connectivity index (χ0) is 20.9. The molecule has 0 aliphatic heterocycles. The van der Waals surface area contributed by atoms with E-state index in [9.17, 15) is 10.1 Å². The highest BCUT2D eigenvalue weighted by molar-refractivity contribution is 5.98. The Balaban J connectivity index is 1.68. The summed E-state index contributed by atoms with van der Waals surface area (Å²) in [7, 11) is 0. The van der Waals surface area contributed by atoms with Crippen molar-refractivity contribution in [1.82, 2.24) is 5.32 Å². The number of benzene rings is 3. The van der Waals surface area contributed by atoms with Crippen molar-refractivity contribution in [2.45, 2.75) is 13.5 Å². The first kappa shape index (κ1) is 19.2. The monoisotopic (exact) mass is 393 g/mol. The molecule has 5 nitrogen and oxygen atoms in total. The average Bonchev–Trinajstić information content (AvgIpc) is 2.78. The zero-order valence-corrected chi connectivity index (χ0v) is 16.4. The van der Waals surface area contributed by atoms with Gasteiger partial charge in [0.2, 0.25) is 5.55 Å². The van der Waals surface area contributed by atoms with Crippen molar-refractivity contribution < 1.29 is 9.21 Å². The molecule has 1 heterocycles. The molecule has 1 N–H and O–H groups in total. The highest BCUT2D eigenvalue weighted by atomic mass is 16.3. The number of aryl methyl sites for hydroxylation is 1. The highest BCUT2D eigenvalue weighted by Gasteiger charge is 2.11. The molecule has 0 atom stereocenters. The lowest BCUT2D eigenvalue weighted by atomic mass is 10.1. The normalized spacial score (nSPS) is 11.3. The van der Waals surface area contributed by atoms with E-state index < -0.39 is 0 Å². The summed E-state index contributed by atoms with van der Waals surface area (Å²) in [5.74, 6) is -0.241. The fraction of sp³-hybridized carbons (Fsp3) is 0.0800. The number of nitrogens with one attached hydrogen (secondary N) is 1. The third-order valence-corrected chi connectivity index (χ3v) is 4.72. The Kier molecular flexibility index (Phi) is 5.40. The van der Waals surface area contributed by atoms with Crippen LogP contribution in [0.25, 0.3) is 11.0 Å². The highest BCUT2D eigenvalue weighted by Crippen LogP contribution is 2.19. The van der Waals surface area contributed by atoms with Gasteiger partial charge in [-0.15, -0.1) is 0 Å². The molecule has 30 heavy (non-hydrogen) atoms. The van der Waals surface area contributed by atoms with Crippen LogP contribution in [0.2, 0.25) is 0 Å². The van der Waals surface area contributed by atoms with E-state index >= 15 is 0 Å². The van der Waals surface area contributed by atoms with Crippen LogP contribution < -0.4 is 10.9 Å². The molecule has 4 rings (SSSR count). The first-order valence-electron chi connectivity index (χ1n) is 9.54. The van der Waals surface area contributed by atoms with E-state index in [1.807, 2.05) is 55.5 Å². The second-order valence-corrected chi connectivity index (χ2v) is 6.91. The fourth-order valence-corrected chi connectivity index (χ4v) is 3.09. The van der Waals surface area contributed by atoms with Crippen molar-refractivity contribution in [3.8, 4) is 6.07 Å². The van der Waals surface area contributed by atoms with Gasteiger partial charge in [-0.3, -0.25) is 4.79 Å². The van der Waals surface area contributed by atoms with Gasteiger partial charge in [-0.25, -0.2) is 4.99 Å². The first-order chi connectivity index (χ1) is 14.6. The third-order valence-electron chi connectivity index (χ3n) is 4.72. The molecule has 0 saturated carbocycles. The minimum atomic E-state index is -0.241. The van der Waals surface area contributed by atoms with Crippen molar-refractivity contribution in [3.63, 3.8) is 0 Å². The molecule has 4 aromatic rings. The summed E-state index contributed by atoms with van der Waals surface area (Å²) >= 11 is 0. The van der Waals surface area contributed by atoms with Gasteiger partial charge in [0.25, 0.3) is 5.91 Å². The molecule has 3 aromatic carbocycles. The Hall–Kier alpha value is -4.17. The second-order valence-electron chi connectivity index (χ2n) is 6.91. The van der Waals surface area contributed by atoms with Crippen LogP contribution in [0.1, 0.15) is 27.0 Å². The minimum absolute atomic E-state index is 0.176. The van der Waals surface area contributed by atoms with Crippen LogP contribution in [-0.2, 0) is 6.54 Å². The molecular formula is C25H19N3O2. The van der Waals surface area contributed by atoms with E-state index in [-0.39, 0.29) is 11.5 Å². The number of amides is 1. The van der Waals surface area contributed by atoms with Crippen LogP contribution in [-0.4, -0.2) is 5.91 Å². The SMILES string of the molecule is Cc1ccc(CNC(=O)c2ccccc2N=c2oc3ccccc3cc2C#N)cc1. The van der Waals surface area contributed by atoms with Crippen LogP contribution in [0.4, 0.5) is 5.69 Å². The largest absolute Gasteiger partial charge is 0.437 e. The molecule has 0 bridgehead atoms. The molecular weight excluding hydrogens is 374 g/mol. The van der Waals surface area contributed by atoms with Gasteiger partial charge in [0, 0.05) is 11.9 Å². The van der Waals surface area contributed by atoms with E-state index in [1.165, 1.54) is 5.56 Å². The second kappa shape index (κ2) is 8.46. The summed E-state index contributed by atoms with van der Waals surface area (Å²) in [5.41, 5.74) is 4.14. The standard InChI is InChI=1S/C25H19N3O2/c1-17-10-12-18(13-11-17)16-27-24(29)21-7-3-4-8-22(21)28-25-20(15-26)14-19-6-2-5-9-23(19)30-25/h2-14H,16H2,1H3,(H,27,29). The maximum absolute atomic E-state index is 12.8. The predicted molar refractivity (Wildman–Crippen MR) is 115 cm³/mol. The van der Waals surface area contributed by atoms with Gasteiger partial charge in [0.1, 0.15) is 17.2 Å². The number of fused-ring (bicyclic) bond motifs is 1. The van der Waals surface area contributed by atoms with Gasteiger partial charge in [-0.1, -0.05) is 60.2 Å². The van der Waals surface area contributed by atoms with Crippen molar-refractivity contribution in [2.24, 2.45) is 4.99 Å². The topological polar surface area (TPSA) is 78.4 Å². The van der Waals surface area contributed by atoms with Gasteiger partial charge in [-0.2, -0.15) is 5.26 Å². The predicted octanol–water partition coefficient (Wildman–Crippen LogP) is 4.78. The van der Waals surface area contributed by atoms with Crippen LogP contribution >= 0.6 is 0 Å². The maximum Gasteiger partial charge on any atom is 0.253 e. The molecule has 0 fully saturated rings. The van der Waals surface area contributed by atoms with Crippen molar-refractivity contribution in [2.75, 3.05) is 0 Å². The quantitative estimate of drug-likeness (QED) is 0.542. The Morgan fingerprint density at radius 3 is 2.57 bits per heavy atom. The minimum Gasteiger partial charge on any atom is -0.437 e. The fourth-order valence-electron chi connectivity index (χ4n) is 3.09. The van der Waals surface area contributed by atoms with Gasteiger partial charge < -0.3 is 9.73 Å². The van der Waals surface area contributed by atoms with Crippen LogP contribution in [0.3, 0.4) is 0 Å². The smallest absolute Gasteiger partial charge is 0.253 e. The number of hydrogen-bond donors (Lipinski definition) is 1. The van der Waals surface area contributed by atoms with E-state index in [2.05, 4.69) is 16.4 Å². The summed E-state index contributed by atoms with van der Waals surface area (Å²) in [5, 5.41) is 13.3. The van der Waals surface area contributed by atoms with Gasteiger partial charge in [-0.05, 0) is 36.8 Å². The lowest BCUT2D eigenvalue weighted by Crippen LogP contribution is -2.23. The van der Waals surface area contributed by atoms with Crippen molar-refractivity contribution >= 4 is 22.6 Å². The van der Waals surface area contributed by atoms with E-state index in [0.717, 1.165) is 10.9 Å². The molecule has 146 valence electrons. The summed E-state index contributed by atoms with van der Waals surface area (Å²) in [6, 6.07) is 26.3. The van der Waals surface area contributed by atoms with Crippen molar-refractivity contribution in [3.05, 3.63) is 107 Å². The number of rotatable bonds is 4. The zero-order valence-electron chi connectivity index (χ0n) is 16.4. The molecule has 1 aromatic heterocycles. The molecule has 0 spiro atoms. The molecule has 0 saturated heterocycles. The Bertz CT molecular complexity index is 1330. The van der Waals surface area contributed by atoms with E-state index in [4.69, 9.17) is 4.42 Å². The van der Waals surface area contributed by atoms with Gasteiger partial charge in [0.15, 0.2) is 0 Å². The molecule has 0 aliphatic carbocycles. The Morgan fingerprint density at radius 1 is 1.03 bits per heavy atom. The van der Waals surface area contributed by atoms with Crippen LogP contribution in [0, 0.1) is 18.3 Å². The molecule has 5 heteroatoms. The molecule has 0 radical (unpaired) electrons. The lowest BCUT2D eigenvalue weighted by molar-refractivity contribution is 0.0951. The molecule has 0 aliphatic rings. The molecule has 1 amide bonds. The number of nitriles is 1. The molecule has 0 unspecified atom stereocenters. The van der Waals surface area contributed by atoms with Gasteiger partial charge >= 0.3 is 0 Å². The summed E-state index contributed by atoms with van der Waals surface area (Å²) < 4.78 is 5.84. The summed E-state index contributed by atoms with van der Waals surface area (Å²) in [6.45, 7) is 2.44. The van der Waals surface area contributed by atoms with E-state index in [0.29, 0.717) is 28.9 Å². The number of nitrogens with zero attached hydrogens (tertiary/aromatic N) is 2. The lowest BCUT2D eigenvalue weighted by Gasteiger charge is -2.08. The average molecular weight is 393 g/mol. The number of carbonyl (C=O) groups is 1. The number of carbonyl (C=O) groups excluding carboxylic acids is 1. The van der Waals surface area contributed by atoms with Gasteiger partial charge in [0.05, 0.1) is 11.3 Å². The summed E-state index contributed by atoms with van der Waals surface area (Å²) in [4.78, 5) is 17.3. The Morgan fingerprint density at radius 2 is 1.77 bits per heavy atom. The number of hydrogen-bond acceptors (Lipinski definition) is 4. The maximum atomic E-state index is 12.8. The van der Waals surface area contributed by atoms with Crippen LogP contribution in [0.5, 0.6) is 0 Å². The number of para-hydroxylation sites is 2. The van der Waals surface area contributed by atoms with Crippen LogP contribution in [0.15, 0.2) is 88.3 Å². The van der Waals surface area contributed by atoms with E-state index in [1.54, 1.807) is 30.3 Å². The third kappa shape index (κ3) is 4.13. The Labute approximate surface area is 173 Å².